The van der Waals surface area contributed by atoms with Crippen LogP contribution in [-0.2, 0) is 32.0 Å². The lowest BCUT2D eigenvalue weighted by atomic mass is 10.1. The van der Waals surface area contributed by atoms with Crippen LogP contribution in [0.1, 0.15) is 27.2 Å². The highest BCUT2D eigenvalue weighted by molar-refractivity contribution is 7.90. The molecule has 9 nitrogen and oxygen atoms in total. The van der Waals surface area contributed by atoms with E-state index in [4.69, 9.17) is 16.7 Å². The van der Waals surface area contributed by atoms with E-state index in [1.54, 1.807) is 30.3 Å². The number of carbonyl (C=O) groups is 1. The molecular weight excluding hydrogens is 488 g/mol. The lowest BCUT2D eigenvalue weighted by Crippen LogP contribution is -2.27. The Morgan fingerprint density at radius 3 is 2.39 bits per heavy atom. The largest absolute Gasteiger partial charge is 0.350 e. The van der Waals surface area contributed by atoms with Crippen molar-refractivity contribution in [2.24, 2.45) is 5.14 Å². The minimum absolute atomic E-state index is 0.0116. The molecule has 0 saturated heterocycles. The number of nitrogens with two attached hydrogens (primary N) is 1. The van der Waals surface area contributed by atoms with Gasteiger partial charge in [-0.2, -0.15) is 0 Å². The van der Waals surface area contributed by atoms with Crippen LogP contribution >= 0.6 is 11.6 Å². The number of aryl methyl sites for hydroxylation is 1. The van der Waals surface area contributed by atoms with E-state index in [2.05, 4.69) is 15.3 Å². The number of benzene rings is 2. The molecule has 1 heterocycles. The molecule has 0 fully saturated rings. The molecule has 174 valence electrons. The average molecular weight is 509 g/mol. The van der Waals surface area contributed by atoms with Gasteiger partial charge in [0.05, 0.1) is 21.9 Å². The van der Waals surface area contributed by atoms with Gasteiger partial charge in [0, 0.05) is 6.54 Å². The third-order valence-corrected chi connectivity index (χ3v) is 7.28. The molecule has 0 bridgehead atoms. The van der Waals surface area contributed by atoms with Crippen LogP contribution in [0, 0.1) is 6.92 Å². The zero-order valence-electron chi connectivity index (χ0n) is 17.5. The maximum atomic E-state index is 12.7. The Hall–Kier alpha value is -2.86. The van der Waals surface area contributed by atoms with Gasteiger partial charge in [-0.1, -0.05) is 53.6 Å². The van der Waals surface area contributed by atoms with Crippen molar-refractivity contribution in [3.63, 3.8) is 0 Å². The van der Waals surface area contributed by atoms with Crippen LogP contribution in [0.3, 0.4) is 0 Å². The number of hydrogen-bond acceptors (Lipinski definition) is 7. The summed E-state index contributed by atoms with van der Waals surface area (Å²) >= 11 is 6.03. The maximum Gasteiger partial charge on any atom is 0.271 e. The lowest BCUT2D eigenvalue weighted by Gasteiger charge is -2.09. The summed E-state index contributed by atoms with van der Waals surface area (Å²) in [6, 6.07) is 13.0. The molecule has 0 radical (unpaired) electrons. The highest BCUT2D eigenvalue weighted by atomic mass is 35.5. The van der Waals surface area contributed by atoms with Gasteiger partial charge in [0.2, 0.25) is 25.0 Å². The third kappa shape index (κ3) is 6.57. The molecule has 12 heteroatoms. The number of rotatable bonds is 8. The molecule has 1 aromatic heterocycles. The molecule has 2 aromatic carbocycles. The number of sulfone groups is 1. The lowest BCUT2D eigenvalue weighted by molar-refractivity contribution is 0.0948. The number of sulfonamides is 1. The molecule has 0 unspecified atom stereocenters. The molecule has 0 aliphatic heterocycles. The van der Waals surface area contributed by atoms with E-state index in [1.165, 1.54) is 12.1 Å². The summed E-state index contributed by atoms with van der Waals surface area (Å²) in [5.74, 6) is -0.970. The second kappa shape index (κ2) is 9.96. The first-order valence-corrected chi connectivity index (χ1v) is 13.2. The normalized spacial score (nSPS) is 11.8. The predicted molar refractivity (Wildman–Crippen MR) is 123 cm³/mol. The number of amides is 1. The van der Waals surface area contributed by atoms with Crippen molar-refractivity contribution in [3.05, 3.63) is 82.1 Å². The number of hydrogen-bond donors (Lipinski definition) is 2. The van der Waals surface area contributed by atoms with Gasteiger partial charge in [-0.25, -0.2) is 31.9 Å². The van der Waals surface area contributed by atoms with Crippen LogP contribution in [0.2, 0.25) is 5.02 Å². The van der Waals surface area contributed by atoms with Crippen LogP contribution in [-0.4, -0.2) is 39.3 Å². The molecule has 0 aliphatic rings. The van der Waals surface area contributed by atoms with E-state index in [9.17, 15) is 21.6 Å². The Labute approximate surface area is 197 Å². The number of primary sulfonamides is 1. The van der Waals surface area contributed by atoms with Crippen molar-refractivity contribution in [3.8, 4) is 0 Å². The number of carbonyl (C=O) groups excluding carboxylic acids is 1. The fourth-order valence-electron chi connectivity index (χ4n) is 3.00. The van der Waals surface area contributed by atoms with Gasteiger partial charge in [-0.15, -0.1) is 0 Å². The molecule has 1 amide bonds. The molecule has 0 spiro atoms. The van der Waals surface area contributed by atoms with Gasteiger partial charge in [-0.05, 0) is 36.6 Å². The van der Waals surface area contributed by atoms with Crippen molar-refractivity contribution in [2.45, 2.75) is 29.1 Å². The summed E-state index contributed by atoms with van der Waals surface area (Å²) < 4.78 is 48.1. The SMILES string of the molecule is Cc1cccc(CS(=O)(=O)c2ncc(Cl)c(C(=O)NCCc3ccc(S(N)(=O)=O)cc3)n2)c1. The number of nitrogens with zero attached hydrogens (tertiary/aromatic N) is 2. The number of halogens is 1. The van der Waals surface area contributed by atoms with E-state index in [-0.39, 0.29) is 27.9 Å². The smallest absolute Gasteiger partial charge is 0.271 e. The van der Waals surface area contributed by atoms with Crippen LogP contribution in [0.5, 0.6) is 0 Å². The van der Waals surface area contributed by atoms with Crippen molar-refractivity contribution in [1.82, 2.24) is 15.3 Å². The summed E-state index contributed by atoms with van der Waals surface area (Å²) in [7, 11) is -7.68. The van der Waals surface area contributed by atoms with E-state index in [0.717, 1.165) is 17.3 Å². The van der Waals surface area contributed by atoms with E-state index < -0.39 is 30.9 Å². The molecule has 3 aromatic rings. The highest BCUT2D eigenvalue weighted by Crippen LogP contribution is 2.18. The molecular formula is C21H21ClN4O5S2. The van der Waals surface area contributed by atoms with Crippen molar-refractivity contribution in [2.75, 3.05) is 6.54 Å². The molecule has 3 rings (SSSR count). The quantitative estimate of drug-likeness (QED) is 0.442. The van der Waals surface area contributed by atoms with E-state index in [1.807, 2.05) is 13.0 Å². The minimum Gasteiger partial charge on any atom is -0.350 e. The van der Waals surface area contributed by atoms with Crippen LogP contribution in [0.4, 0.5) is 0 Å². The Morgan fingerprint density at radius 2 is 1.76 bits per heavy atom. The zero-order chi connectivity index (χ0) is 24.2. The number of aromatic nitrogens is 2. The van der Waals surface area contributed by atoms with Gasteiger partial charge >= 0.3 is 0 Å². The first-order valence-electron chi connectivity index (χ1n) is 9.66. The predicted octanol–water partition coefficient (Wildman–Crippen LogP) is 2.03. The second-order valence-corrected chi connectivity index (χ2v) is 11.1. The second-order valence-electron chi connectivity index (χ2n) is 7.29. The summed E-state index contributed by atoms with van der Waals surface area (Å²) in [4.78, 5) is 20.2. The van der Waals surface area contributed by atoms with Crippen molar-refractivity contribution < 1.29 is 21.6 Å². The van der Waals surface area contributed by atoms with E-state index in [0.29, 0.717) is 12.0 Å². The molecule has 0 aliphatic carbocycles. The standard InChI is InChI=1S/C21H21ClN4O5S2/c1-14-3-2-4-16(11-14)13-32(28,29)21-25-12-18(22)19(26-21)20(27)24-10-9-15-5-7-17(8-6-15)33(23,30)31/h2-8,11-12H,9-10,13H2,1H3,(H,24,27)(H2,23,30,31). The zero-order valence-corrected chi connectivity index (χ0v) is 19.9. The van der Waals surface area contributed by atoms with Crippen molar-refractivity contribution in [1.29, 1.82) is 0 Å². The third-order valence-electron chi connectivity index (χ3n) is 4.61. The first kappa shape index (κ1) is 24.8. The van der Waals surface area contributed by atoms with Gasteiger partial charge in [0.15, 0.2) is 5.69 Å². The minimum atomic E-state index is -3.90. The van der Waals surface area contributed by atoms with Gasteiger partial charge < -0.3 is 5.32 Å². The summed E-state index contributed by atoms with van der Waals surface area (Å²) in [5, 5.41) is 7.11. The van der Waals surface area contributed by atoms with Crippen molar-refractivity contribution >= 4 is 37.4 Å². The highest BCUT2D eigenvalue weighted by Gasteiger charge is 2.23. The Morgan fingerprint density at radius 1 is 1.06 bits per heavy atom. The monoisotopic (exact) mass is 508 g/mol. The maximum absolute atomic E-state index is 12.7. The Kier molecular flexibility index (Phi) is 7.48. The molecule has 3 N–H and O–H groups in total. The number of nitrogens with one attached hydrogen (secondary N) is 1. The van der Waals surface area contributed by atoms with Gasteiger partial charge in [0.25, 0.3) is 5.91 Å². The van der Waals surface area contributed by atoms with Gasteiger partial charge in [-0.3, -0.25) is 4.79 Å². The van der Waals surface area contributed by atoms with E-state index >= 15 is 0 Å². The Balaban J connectivity index is 1.69. The fraction of sp³-hybridized carbons (Fsp3) is 0.190. The summed E-state index contributed by atoms with van der Waals surface area (Å²) in [6.45, 7) is 2.03. The average Bonchev–Trinajstić information content (AvgIpc) is 2.73. The topological polar surface area (TPSA) is 149 Å². The first-order chi connectivity index (χ1) is 15.5. The Bertz CT molecular complexity index is 1390. The van der Waals surface area contributed by atoms with Gasteiger partial charge in [0.1, 0.15) is 0 Å². The fourth-order valence-corrected chi connectivity index (χ4v) is 4.88. The van der Waals surface area contributed by atoms with Crippen LogP contribution in [0.25, 0.3) is 0 Å². The summed E-state index contributed by atoms with van der Waals surface area (Å²) in [6.07, 6.45) is 1.47. The van der Waals surface area contributed by atoms with Crippen LogP contribution in [0.15, 0.2) is 64.8 Å². The molecule has 0 saturated carbocycles. The molecule has 33 heavy (non-hydrogen) atoms. The summed E-state index contributed by atoms with van der Waals surface area (Å²) in [5.41, 5.74) is 2.00. The van der Waals surface area contributed by atoms with Crippen LogP contribution < -0.4 is 10.5 Å². The molecule has 0 atom stereocenters.